The van der Waals surface area contributed by atoms with Gasteiger partial charge in [-0.25, -0.2) is 0 Å². The Hall–Kier alpha value is 0.0747. The van der Waals surface area contributed by atoms with E-state index in [0.717, 1.165) is 0 Å². The third-order valence-electron chi connectivity index (χ3n) is 0.715. The molecule has 0 unspecified atom stereocenters. The van der Waals surface area contributed by atoms with Gasteiger partial charge in [-0.1, -0.05) is 0 Å². The zero-order valence-electron chi connectivity index (χ0n) is 8.71. The van der Waals surface area contributed by atoms with Crippen molar-refractivity contribution in [2.45, 2.75) is 6.92 Å². The maximum absolute atomic E-state index is 8.40. The molecule has 0 aliphatic carbocycles. The Balaban J connectivity index is -0.000000389. The van der Waals surface area contributed by atoms with E-state index in [-0.39, 0.29) is 15.9 Å². The molecule has 18 heavy (non-hydrogen) atoms. The normalized spacial score (nSPS) is 9.78. The van der Waals surface area contributed by atoms with Crippen molar-refractivity contribution in [2.24, 2.45) is 21.7 Å². The summed E-state index contributed by atoms with van der Waals surface area (Å²) in [6, 6.07) is 0. The number of hydrogen-bond donors (Lipinski definition) is 2. The van der Waals surface area contributed by atoms with Crippen LogP contribution in [0.5, 0.6) is 0 Å². The molecule has 0 aromatic carbocycles. The third kappa shape index (κ3) is 29.8. The van der Waals surface area contributed by atoms with E-state index in [1.54, 1.807) is 6.92 Å². The molecule has 0 aliphatic heterocycles. The van der Waals surface area contributed by atoms with Gasteiger partial charge in [0, 0.05) is 11.9 Å². The Morgan fingerprint density at radius 2 is 1.72 bits per heavy atom. The van der Waals surface area contributed by atoms with Crippen molar-refractivity contribution in [3.63, 3.8) is 0 Å². The Labute approximate surface area is 136 Å². The van der Waals surface area contributed by atoms with Crippen molar-refractivity contribution in [2.75, 3.05) is 0 Å². The summed E-state index contributed by atoms with van der Waals surface area (Å²) in [6.45, 7) is 1.54. The van der Waals surface area contributed by atoms with E-state index in [2.05, 4.69) is 58.3 Å². The summed E-state index contributed by atoms with van der Waals surface area (Å²) in [5.74, 6) is -1.31. The summed E-state index contributed by atoms with van der Waals surface area (Å²) in [4.78, 5) is 0. The second-order valence-electron chi connectivity index (χ2n) is 1.95. The van der Waals surface area contributed by atoms with Gasteiger partial charge in [-0.15, -0.1) is 0 Å². The molecule has 8 nitrogen and oxygen atoms in total. The molecule has 0 heterocycles. The molecule has 0 aromatic heterocycles. The van der Waals surface area contributed by atoms with Gasteiger partial charge in [0.2, 0.25) is 0 Å². The fourth-order valence-electron chi connectivity index (χ4n) is 0.327. The van der Waals surface area contributed by atoms with E-state index < -0.39 is 11.9 Å². The first-order valence-electron chi connectivity index (χ1n) is 3.51. The third-order valence-corrected chi connectivity index (χ3v) is 0.715. The van der Waals surface area contributed by atoms with Gasteiger partial charge < -0.3 is 38.2 Å². The van der Waals surface area contributed by atoms with Gasteiger partial charge in [-0.2, -0.15) is 11.9 Å². The van der Waals surface area contributed by atoms with E-state index in [0.29, 0.717) is 5.71 Å². The predicted octanol–water partition coefficient (Wildman–Crippen LogP) is 0.970. The van der Waals surface area contributed by atoms with Gasteiger partial charge in [0.15, 0.2) is 0 Å². The molecule has 4 N–H and O–H groups in total. The summed E-state index contributed by atoms with van der Waals surface area (Å²) in [5, 5.41) is 23.5. The monoisotopic (exact) mass is 498 g/mol. The molecule has 0 spiro atoms. The summed E-state index contributed by atoms with van der Waals surface area (Å²) in [5.41, 5.74) is 16.1. The first kappa shape index (κ1) is 23.2. The molecular formula is C5H9Cl3N8Pd2-2. The Kier molecular flexibility index (Phi) is 25.0. The van der Waals surface area contributed by atoms with Crippen LogP contribution in [0, 0.1) is 9.53 Å². The van der Waals surface area contributed by atoms with E-state index in [1.807, 2.05) is 0 Å². The molecule has 0 saturated heterocycles. The number of hydrogen-bond acceptors (Lipinski definition) is 2. The zero-order chi connectivity index (χ0) is 15.0. The summed E-state index contributed by atoms with van der Waals surface area (Å²) in [6.07, 6.45) is 1.18. The molecule has 0 bridgehead atoms. The first-order valence-corrected chi connectivity index (χ1v) is 9.68. The van der Waals surface area contributed by atoms with Crippen LogP contribution in [-0.4, -0.2) is 23.8 Å². The SMILES string of the molecule is CC(/C=N\[N-]C(=[N-])N)=N/[N-]C(=[N-])N.[Cl][Pd+].[Cl][Pd][ClH+]. The van der Waals surface area contributed by atoms with Gasteiger partial charge in [0.25, 0.3) is 0 Å². The van der Waals surface area contributed by atoms with Crippen molar-refractivity contribution in [1.82, 2.24) is 0 Å². The van der Waals surface area contributed by atoms with Crippen LogP contribution in [0.4, 0.5) is 0 Å². The standard InChI is InChI=1S/C5H8N8.3ClH.2Pd/c1-3(11-13-5(8)9)2-10-12-4(6)7;;;;;/h2H,1H3,(H4-4,6,7,8,9,12,13);3*1H;;/q-4;;;;2*+2/p-2/b10-2-,11-3-;;;;;. The maximum atomic E-state index is 8.40. The molecule has 0 saturated carbocycles. The summed E-state index contributed by atoms with van der Waals surface area (Å²) >= 11 is 2.23. The van der Waals surface area contributed by atoms with Crippen LogP contribution >= 0.6 is 19.1 Å². The molecule has 0 aromatic rings. The Morgan fingerprint density at radius 3 is 2.06 bits per heavy atom. The van der Waals surface area contributed by atoms with Crippen LogP contribution in [0.1, 0.15) is 6.92 Å². The average Bonchev–Trinajstić information content (AvgIpc) is 2.29. The molecule has 0 aliphatic rings. The van der Waals surface area contributed by atoms with Gasteiger partial charge in [0.1, 0.15) is 0 Å². The fraction of sp³-hybridized carbons (Fsp3) is 0.200. The molecule has 112 valence electrons. The van der Waals surface area contributed by atoms with Crippen LogP contribution in [0.3, 0.4) is 0 Å². The quantitative estimate of drug-likeness (QED) is 0.257. The van der Waals surface area contributed by atoms with E-state index >= 15 is 0 Å². The first-order chi connectivity index (χ1) is 8.43. The van der Waals surface area contributed by atoms with E-state index in [9.17, 15) is 0 Å². The van der Waals surface area contributed by atoms with Crippen molar-refractivity contribution in [3.8, 4) is 0 Å². The van der Waals surface area contributed by atoms with Crippen molar-refractivity contribution in [1.29, 1.82) is 0 Å². The molecule has 0 amide bonds. The average molecular weight is 500 g/mol. The molecule has 0 radical (unpaired) electrons. The van der Waals surface area contributed by atoms with Crippen LogP contribution in [0.2, 0.25) is 0 Å². The molecule has 13 heteroatoms. The minimum absolute atomic E-state index is 0.00556. The Bertz CT molecular complexity index is 284. The van der Waals surface area contributed by atoms with Crippen LogP contribution in [0.25, 0.3) is 21.7 Å². The molecule has 0 atom stereocenters. The summed E-state index contributed by atoms with van der Waals surface area (Å²) < 4.78 is 0. The van der Waals surface area contributed by atoms with Crippen LogP contribution in [-0.2, 0) is 34.1 Å². The predicted molar refractivity (Wildman–Crippen MR) is 66.5 cm³/mol. The van der Waals surface area contributed by atoms with Gasteiger partial charge in [-0.3, -0.25) is 5.10 Å². The molecular weight excluding hydrogens is 491 g/mol. The number of rotatable bonds is 3. The number of nitrogens with zero attached hydrogens (tertiary/aromatic N) is 6. The second-order valence-corrected chi connectivity index (χ2v) is 4.50. The molecule has 0 rings (SSSR count). The van der Waals surface area contributed by atoms with Crippen molar-refractivity contribution in [3.05, 3.63) is 21.7 Å². The van der Waals surface area contributed by atoms with Gasteiger partial charge in [0.05, 0.1) is 0 Å². The fourth-order valence-corrected chi connectivity index (χ4v) is 0.327. The second kappa shape index (κ2) is 19.4. The van der Waals surface area contributed by atoms with Gasteiger partial charge in [-0.05, 0) is 6.92 Å². The number of guanidine groups is 2. The number of nitrogens with two attached hydrogens (primary N) is 2. The van der Waals surface area contributed by atoms with Gasteiger partial charge >= 0.3 is 62.7 Å². The van der Waals surface area contributed by atoms with E-state index in [1.165, 1.54) is 6.21 Å². The van der Waals surface area contributed by atoms with Crippen LogP contribution in [0.15, 0.2) is 10.2 Å². The van der Waals surface area contributed by atoms with E-state index in [4.69, 9.17) is 31.8 Å². The summed E-state index contributed by atoms with van der Waals surface area (Å²) in [7, 11) is 13.6. The zero-order valence-corrected chi connectivity index (χ0v) is 14.1. The van der Waals surface area contributed by atoms with Crippen molar-refractivity contribution >= 4 is 42.9 Å². The number of halogens is 3. The van der Waals surface area contributed by atoms with Crippen LogP contribution < -0.4 is 11.5 Å². The van der Waals surface area contributed by atoms with Crippen molar-refractivity contribution < 1.29 is 43.6 Å². The minimum atomic E-state index is -0.658. The Morgan fingerprint density at radius 1 is 1.33 bits per heavy atom. The topological polar surface area (TPSA) is 150 Å². The molecule has 0 fully saturated rings.